The van der Waals surface area contributed by atoms with Crippen LogP contribution in [0.25, 0.3) is 0 Å². The van der Waals surface area contributed by atoms with Crippen molar-refractivity contribution in [1.29, 1.82) is 5.26 Å². The van der Waals surface area contributed by atoms with Crippen molar-refractivity contribution in [2.45, 2.75) is 13.0 Å². The van der Waals surface area contributed by atoms with Gasteiger partial charge in [-0.3, -0.25) is 4.79 Å². The highest BCUT2D eigenvalue weighted by molar-refractivity contribution is 5.78. The predicted octanol–water partition coefficient (Wildman–Crippen LogP) is 2.83. The van der Waals surface area contributed by atoms with Gasteiger partial charge < -0.3 is 19.5 Å². The summed E-state index contributed by atoms with van der Waals surface area (Å²) in [7, 11) is 3.07. The van der Waals surface area contributed by atoms with Gasteiger partial charge in [-0.15, -0.1) is 0 Å². The second-order valence-electron chi connectivity index (χ2n) is 5.30. The predicted molar refractivity (Wildman–Crippen MR) is 92.8 cm³/mol. The topological polar surface area (TPSA) is 80.6 Å². The largest absolute Gasteiger partial charge is 0.496 e. The number of para-hydroxylation sites is 1. The zero-order chi connectivity index (χ0) is 18.2. The number of carbonyl (C=O) groups excluding carboxylic acids is 1. The molecule has 2 rings (SSSR count). The highest BCUT2D eigenvalue weighted by atomic mass is 16.5. The van der Waals surface area contributed by atoms with E-state index in [0.717, 1.165) is 5.56 Å². The van der Waals surface area contributed by atoms with E-state index in [2.05, 4.69) is 5.32 Å². The Morgan fingerprint density at radius 1 is 1.12 bits per heavy atom. The molecule has 2 aromatic rings. The van der Waals surface area contributed by atoms with Crippen LogP contribution in [0.5, 0.6) is 17.2 Å². The summed E-state index contributed by atoms with van der Waals surface area (Å²) in [6.07, 6.45) is 0. The summed E-state index contributed by atoms with van der Waals surface area (Å²) in [6.45, 7) is 1.71. The Bertz CT molecular complexity index is 783. The summed E-state index contributed by atoms with van der Waals surface area (Å²) in [5, 5.41) is 11.8. The van der Waals surface area contributed by atoms with Crippen molar-refractivity contribution in [3.8, 4) is 23.3 Å². The molecule has 0 aliphatic carbocycles. The van der Waals surface area contributed by atoms with Crippen LogP contribution in [0.4, 0.5) is 0 Å². The van der Waals surface area contributed by atoms with Gasteiger partial charge in [-0.05, 0) is 25.1 Å². The molecule has 130 valence electrons. The van der Waals surface area contributed by atoms with E-state index in [0.29, 0.717) is 22.8 Å². The lowest BCUT2D eigenvalue weighted by Crippen LogP contribution is -2.31. The first-order chi connectivity index (χ1) is 12.1. The van der Waals surface area contributed by atoms with Crippen LogP contribution in [0.2, 0.25) is 0 Å². The van der Waals surface area contributed by atoms with Gasteiger partial charge in [0.1, 0.15) is 5.75 Å². The van der Waals surface area contributed by atoms with Crippen molar-refractivity contribution in [1.82, 2.24) is 5.32 Å². The Morgan fingerprint density at radius 3 is 2.52 bits per heavy atom. The maximum Gasteiger partial charge on any atom is 0.258 e. The first-order valence-corrected chi connectivity index (χ1v) is 7.72. The second kappa shape index (κ2) is 8.60. The monoisotopic (exact) mass is 340 g/mol. The summed E-state index contributed by atoms with van der Waals surface area (Å²) >= 11 is 0. The zero-order valence-electron chi connectivity index (χ0n) is 14.4. The lowest BCUT2D eigenvalue weighted by atomic mass is 10.1. The van der Waals surface area contributed by atoms with E-state index >= 15 is 0 Å². The first-order valence-electron chi connectivity index (χ1n) is 7.72. The van der Waals surface area contributed by atoms with Crippen LogP contribution in [0.3, 0.4) is 0 Å². The van der Waals surface area contributed by atoms with Crippen LogP contribution in [0.1, 0.15) is 24.1 Å². The van der Waals surface area contributed by atoms with Gasteiger partial charge in [0.15, 0.2) is 18.1 Å². The lowest BCUT2D eigenvalue weighted by molar-refractivity contribution is -0.123. The Labute approximate surface area is 146 Å². The molecular formula is C19H20N2O4. The average molecular weight is 340 g/mol. The van der Waals surface area contributed by atoms with Crippen LogP contribution >= 0.6 is 0 Å². The van der Waals surface area contributed by atoms with Gasteiger partial charge in [-0.1, -0.05) is 18.2 Å². The third-order valence-electron chi connectivity index (χ3n) is 3.63. The summed E-state index contributed by atoms with van der Waals surface area (Å²) in [5.41, 5.74) is 1.34. The molecule has 0 aliphatic heterocycles. The molecule has 2 aromatic carbocycles. The van der Waals surface area contributed by atoms with Crippen LogP contribution in [-0.4, -0.2) is 26.7 Å². The maximum absolute atomic E-state index is 12.2. The summed E-state index contributed by atoms with van der Waals surface area (Å²) in [5.74, 6) is 1.25. The number of nitrogens with one attached hydrogen (secondary N) is 1. The number of nitrogens with zero attached hydrogens (tertiary/aromatic N) is 1. The Hall–Kier alpha value is -3.20. The molecule has 1 amide bonds. The number of benzene rings is 2. The fraction of sp³-hybridized carbons (Fsp3) is 0.263. The minimum atomic E-state index is -0.273. The highest BCUT2D eigenvalue weighted by Gasteiger charge is 2.15. The molecule has 0 bridgehead atoms. The normalized spacial score (nSPS) is 11.1. The maximum atomic E-state index is 12.2. The Kier molecular flexibility index (Phi) is 6.24. The van der Waals surface area contributed by atoms with Gasteiger partial charge >= 0.3 is 0 Å². The standard InChI is InChI=1S/C19H20N2O4/c1-13(15-6-4-5-7-16(15)23-2)21-19(22)12-25-17-9-8-14(11-20)10-18(17)24-3/h4-10,13H,12H2,1-3H3,(H,21,22). The molecule has 1 unspecified atom stereocenters. The molecule has 1 atom stereocenters. The van der Waals surface area contributed by atoms with E-state index in [9.17, 15) is 4.79 Å². The number of amides is 1. The van der Waals surface area contributed by atoms with Crippen molar-refractivity contribution in [2.75, 3.05) is 20.8 Å². The SMILES string of the molecule is COc1cc(C#N)ccc1OCC(=O)NC(C)c1ccccc1OC. The molecule has 25 heavy (non-hydrogen) atoms. The van der Waals surface area contributed by atoms with Gasteiger partial charge in [0, 0.05) is 11.6 Å². The Balaban J connectivity index is 1.98. The van der Waals surface area contributed by atoms with Gasteiger partial charge in [0.05, 0.1) is 31.9 Å². The Morgan fingerprint density at radius 2 is 1.84 bits per heavy atom. The van der Waals surface area contributed by atoms with E-state index in [4.69, 9.17) is 19.5 Å². The highest BCUT2D eigenvalue weighted by Crippen LogP contribution is 2.28. The van der Waals surface area contributed by atoms with Gasteiger partial charge in [-0.25, -0.2) is 0 Å². The van der Waals surface area contributed by atoms with Crippen LogP contribution in [0.15, 0.2) is 42.5 Å². The molecule has 1 N–H and O–H groups in total. The van der Waals surface area contributed by atoms with Crippen molar-refractivity contribution < 1.29 is 19.0 Å². The number of hydrogen-bond donors (Lipinski definition) is 1. The first kappa shape index (κ1) is 18.1. The molecular weight excluding hydrogens is 320 g/mol. The number of rotatable bonds is 7. The number of nitriles is 1. The fourth-order valence-corrected chi connectivity index (χ4v) is 2.38. The van der Waals surface area contributed by atoms with Crippen molar-refractivity contribution in [2.24, 2.45) is 0 Å². The van der Waals surface area contributed by atoms with E-state index in [1.54, 1.807) is 25.3 Å². The second-order valence-corrected chi connectivity index (χ2v) is 5.30. The molecule has 0 saturated heterocycles. The third-order valence-corrected chi connectivity index (χ3v) is 3.63. The number of ether oxygens (including phenoxy) is 3. The molecule has 0 spiro atoms. The van der Waals surface area contributed by atoms with E-state index in [-0.39, 0.29) is 18.6 Å². The van der Waals surface area contributed by atoms with Gasteiger partial charge in [0.25, 0.3) is 5.91 Å². The van der Waals surface area contributed by atoms with Crippen molar-refractivity contribution in [3.05, 3.63) is 53.6 Å². The lowest BCUT2D eigenvalue weighted by Gasteiger charge is -2.17. The molecule has 0 aliphatic rings. The average Bonchev–Trinajstić information content (AvgIpc) is 2.65. The molecule has 0 fully saturated rings. The van der Waals surface area contributed by atoms with E-state index < -0.39 is 0 Å². The molecule has 6 heteroatoms. The summed E-state index contributed by atoms with van der Waals surface area (Å²) in [4.78, 5) is 12.2. The fourth-order valence-electron chi connectivity index (χ4n) is 2.38. The van der Waals surface area contributed by atoms with Gasteiger partial charge in [-0.2, -0.15) is 5.26 Å². The molecule has 0 aromatic heterocycles. The van der Waals surface area contributed by atoms with Crippen LogP contribution in [-0.2, 0) is 4.79 Å². The molecule has 0 saturated carbocycles. The van der Waals surface area contributed by atoms with E-state index in [1.807, 2.05) is 37.3 Å². The number of carbonyl (C=O) groups is 1. The summed E-state index contributed by atoms with van der Waals surface area (Å²) < 4.78 is 16.0. The molecule has 0 heterocycles. The van der Waals surface area contributed by atoms with E-state index in [1.165, 1.54) is 7.11 Å². The quantitative estimate of drug-likeness (QED) is 0.838. The number of hydrogen-bond acceptors (Lipinski definition) is 5. The zero-order valence-corrected chi connectivity index (χ0v) is 14.4. The van der Waals surface area contributed by atoms with Gasteiger partial charge in [0.2, 0.25) is 0 Å². The smallest absolute Gasteiger partial charge is 0.258 e. The minimum absolute atomic E-state index is 0.165. The van der Waals surface area contributed by atoms with Crippen LogP contribution in [0, 0.1) is 11.3 Å². The minimum Gasteiger partial charge on any atom is -0.496 e. The van der Waals surface area contributed by atoms with Crippen molar-refractivity contribution >= 4 is 5.91 Å². The third kappa shape index (κ3) is 4.64. The van der Waals surface area contributed by atoms with Crippen LogP contribution < -0.4 is 19.5 Å². The summed E-state index contributed by atoms with van der Waals surface area (Å²) in [6, 6.07) is 14.1. The van der Waals surface area contributed by atoms with Crippen molar-refractivity contribution in [3.63, 3.8) is 0 Å². The molecule has 6 nitrogen and oxygen atoms in total. The molecule has 0 radical (unpaired) electrons. The number of methoxy groups -OCH3 is 2.